The van der Waals surface area contributed by atoms with E-state index in [9.17, 15) is 10.1 Å². The summed E-state index contributed by atoms with van der Waals surface area (Å²) in [5, 5.41) is 14.3. The first-order valence-corrected chi connectivity index (χ1v) is 6.59. The van der Waals surface area contributed by atoms with E-state index in [0.717, 1.165) is 11.3 Å². The monoisotopic (exact) mass is 290 g/mol. The van der Waals surface area contributed by atoms with E-state index in [1.807, 2.05) is 6.07 Å². The molecule has 0 radical (unpaired) electrons. The van der Waals surface area contributed by atoms with E-state index in [-0.39, 0.29) is 5.69 Å². The Bertz CT molecular complexity index is 656. The van der Waals surface area contributed by atoms with Crippen LogP contribution in [0.3, 0.4) is 0 Å². The van der Waals surface area contributed by atoms with Crippen LogP contribution in [0.2, 0.25) is 5.02 Å². The van der Waals surface area contributed by atoms with E-state index in [2.05, 4.69) is 31.3 Å². The quantitative estimate of drug-likeness (QED) is 0.667. The number of anilines is 1. The molecular weight excluding hydrogens is 276 g/mol. The molecular formula is C15H15ClN2O2. The SMILES string of the molecule is Cc1ccc(NCc2ccc([N+](=O)[O-])cc2Cl)cc1C. The number of hydrogen-bond donors (Lipinski definition) is 1. The summed E-state index contributed by atoms with van der Waals surface area (Å²) in [6.07, 6.45) is 0. The summed E-state index contributed by atoms with van der Waals surface area (Å²) in [4.78, 5) is 10.2. The van der Waals surface area contributed by atoms with Gasteiger partial charge in [-0.15, -0.1) is 0 Å². The van der Waals surface area contributed by atoms with Crippen molar-refractivity contribution in [3.8, 4) is 0 Å². The highest BCUT2D eigenvalue weighted by molar-refractivity contribution is 6.31. The van der Waals surface area contributed by atoms with Crippen molar-refractivity contribution >= 4 is 23.0 Å². The number of nitrogens with zero attached hydrogens (tertiary/aromatic N) is 1. The number of nitro groups is 1. The lowest BCUT2D eigenvalue weighted by molar-refractivity contribution is -0.384. The van der Waals surface area contributed by atoms with E-state index >= 15 is 0 Å². The third kappa shape index (κ3) is 3.27. The number of nitrogens with one attached hydrogen (secondary N) is 1. The van der Waals surface area contributed by atoms with Crippen molar-refractivity contribution in [2.75, 3.05) is 5.32 Å². The van der Waals surface area contributed by atoms with Gasteiger partial charge in [-0.05, 0) is 48.7 Å². The van der Waals surface area contributed by atoms with Gasteiger partial charge in [-0.2, -0.15) is 0 Å². The molecule has 0 aliphatic heterocycles. The topological polar surface area (TPSA) is 55.2 Å². The van der Waals surface area contributed by atoms with Crippen molar-refractivity contribution < 1.29 is 4.92 Å². The molecule has 5 heteroatoms. The molecule has 2 aromatic carbocycles. The molecule has 2 aromatic rings. The highest BCUT2D eigenvalue weighted by atomic mass is 35.5. The number of aryl methyl sites for hydroxylation is 2. The Morgan fingerprint density at radius 3 is 2.50 bits per heavy atom. The molecule has 0 bridgehead atoms. The van der Waals surface area contributed by atoms with E-state index < -0.39 is 4.92 Å². The Balaban J connectivity index is 2.10. The molecule has 4 nitrogen and oxygen atoms in total. The Hall–Kier alpha value is -2.07. The summed E-state index contributed by atoms with van der Waals surface area (Å²) in [5.41, 5.74) is 4.29. The number of non-ortho nitro benzene ring substituents is 1. The van der Waals surface area contributed by atoms with Gasteiger partial charge in [0.1, 0.15) is 0 Å². The van der Waals surface area contributed by atoms with Crippen molar-refractivity contribution in [1.82, 2.24) is 0 Å². The van der Waals surface area contributed by atoms with Gasteiger partial charge in [0.15, 0.2) is 0 Å². The minimum absolute atomic E-state index is 0.00457. The summed E-state index contributed by atoms with van der Waals surface area (Å²) < 4.78 is 0. The standard InChI is InChI=1S/C15H15ClN2O2/c1-10-3-5-13(7-11(10)2)17-9-12-4-6-14(18(19)20)8-15(12)16/h3-8,17H,9H2,1-2H3. The molecule has 0 spiro atoms. The van der Waals surface area contributed by atoms with Gasteiger partial charge >= 0.3 is 0 Å². The van der Waals surface area contributed by atoms with Gasteiger partial charge in [0.05, 0.1) is 9.95 Å². The molecule has 104 valence electrons. The van der Waals surface area contributed by atoms with Crippen LogP contribution in [-0.4, -0.2) is 4.92 Å². The average molecular weight is 291 g/mol. The zero-order chi connectivity index (χ0) is 14.7. The second-order valence-corrected chi connectivity index (χ2v) is 5.09. The normalized spacial score (nSPS) is 10.3. The molecule has 0 saturated heterocycles. The molecule has 0 aliphatic rings. The molecule has 0 heterocycles. The van der Waals surface area contributed by atoms with Crippen molar-refractivity contribution in [3.05, 3.63) is 68.2 Å². The molecule has 0 aliphatic carbocycles. The van der Waals surface area contributed by atoms with Gasteiger partial charge in [-0.1, -0.05) is 17.7 Å². The van der Waals surface area contributed by atoms with E-state index in [0.29, 0.717) is 11.6 Å². The zero-order valence-electron chi connectivity index (χ0n) is 11.3. The van der Waals surface area contributed by atoms with E-state index in [1.54, 1.807) is 6.07 Å². The predicted molar refractivity (Wildman–Crippen MR) is 81.3 cm³/mol. The van der Waals surface area contributed by atoms with Gasteiger partial charge in [0, 0.05) is 24.4 Å². The minimum atomic E-state index is -0.452. The second kappa shape index (κ2) is 5.92. The number of benzene rings is 2. The smallest absolute Gasteiger partial charge is 0.270 e. The van der Waals surface area contributed by atoms with Crippen LogP contribution in [0.25, 0.3) is 0 Å². The van der Waals surface area contributed by atoms with Crippen molar-refractivity contribution in [1.29, 1.82) is 0 Å². The highest BCUT2D eigenvalue weighted by Gasteiger charge is 2.09. The van der Waals surface area contributed by atoms with Crippen molar-refractivity contribution in [2.45, 2.75) is 20.4 Å². The fourth-order valence-corrected chi connectivity index (χ4v) is 2.08. The maximum Gasteiger partial charge on any atom is 0.270 e. The lowest BCUT2D eigenvalue weighted by Gasteiger charge is -2.10. The Labute approximate surface area is 122 Å². The fraction of sp³-hybridized carbons (Fsp3) is 0.200. The second-order valence-electron chi connectivity index (χ2n) is 4.69. The number of nitro benzene ring substituents is 1. The molecule has 0 unspecified atom stereocenters. The summed E-state index contributed by atoms with van der Waals surface area (Å²) in [6, 6.07) is 10.6. The first-order valence-electron chi connectivity index (χ1n) is 6.21. The average Bonchev–Trinajstić information content (AvgIpc) is 2.41. The largest absolute Gasteiger partial charge is 0.381 e. The molecule has 0 aromatic heterocycles. The first kappa shape index (κ1) is 14.3. The number of rotatable bonds is 4. The Morgan fingerprint density at radius 2 is 1.90 bits per heavy atom. The Morgan fingerprint density at radius 1 is 1.15 bits per heavy atom. The van der Waals surface area contributed by atoms with Gasteiger partial charge < -0.3 is 5.32 Å². The van der Waals surface area contributed by atoms with Crippen LogP contribution >= 0.6 is 11.6 Å². The minimum Gasteiger partial charge on any atom is -0.381 e. The molecule has 0 atom stereocenters. The highest BCUT2D eigenvalue weighted by Crippen LogP contribution is 2.23. The molecule has 2 rings (SSSR count). The van der Waals surface area contributed by atoms with Crippen LogP contribution in [0.5, 0.6) is 0 Å². The van der Waals surface area contributed by atoms with Crippen molar-refractivity contribution in [3.63, 3.8) is 0 Å². The molecule has 1 N–H and O–H groups in total. The van der Waals surface area contributed by atoms with Gasteiger partial charge in [-0.25, -0.2) is 0 Å². The van der Waals surface area contributed by atoms with Gasteiger partial charge in [0.25, 0.3) is 5.69 Å². The third-order valence-electron chi connectivity index (χ3n) is 3.24. The Kier molecular flexibility index (Phi) is 4.25. The summed E-state index contributed by atoms with van der Waals surface area (Å²) in [5.74, 6) is 0. The van der Waals surface area contributed by atoms with Crippen LogP contribution in [0.15, 0.2) is 36.4 Å². The molecule has 20 heavy (non-hydrogen) atoms. The van der Waals surface area contributed by atoms with Crippen LogP contribution in [0.4, 0.5) is 11.4 Å². The molecule has 0 amide bonds. The maximum atomic E-state index is 10.6. The zero-order valence-corrected chi connectivity index (χ0v) is 12.1. The van der Waals surface area contributed by atoms with Crippen LogP contribution in [0, 0.1) is 24.0 Å². The fourth-order valence-electron chi connectivity index (χ4n) is 1.84. The van der Waals surface area contributed by atoms with E-state index in [1.165, 1.54) is 23.3 Å². The molecule has 0 saturated carbocycles. The summed E-state index contributed by atoms with van der Waals surface area (Å²) >= 11 is 6.05. The van der Waals surface area contributed by atoms with Crippen LogP contribution in [0.1, 0.15) is 16.7 Å². The van der Waals surface area contributed by atoms with Crippen molar-refractivity contribution in [2.24, 2.45) is 0 Å². The number of halogens is 1. The molecule has 0 fully saturated rings. The lowest BCUT2D eigenvalue weighted by atomic mass is 10.1. The summed E-state index contributed by atoms with van der Waals surface area (Å²) in [6.45, 7) is 4.64. The lowest BCUT2D eigenvalue weighted by Crippen LogP contribution is -2.01. The van der Waals surface area contributed by atoms with E-state index in [4.69, 9.17) is 11.6 Å². The maximum absolute atomic E-state index is 10.6. The summed E-state index contributed by atoms with van der Waals surface area (Å²) in [7, 11) is 0. The predicted octanol–water partition coefficient (Wildman–Crippen LogP) is 4.48. The third-order valence-corrected chi connectivity index (χ3v) is 3.59. The van der Waals surface area contributed by atoms with Crippen LogP contribution < -0.4 is 5.32 Å². The number of hydrogen-bond acceptors (Lipinski definition) is 3. The van der Waals surface area contributed by atoms with Gasteiger partial charge in [0.2, 0.25) is 0 Å². The van der Waals surface area contributed by atoms with Gasteiger partial charge in [-0.3, -0.25) is 10.1 Å². The van der Waals surface area contributed by atoms with Crippen LogP contribution in [-0.2, 0) is 6.54 Å². The first-order chi connectivity index (χ1) is 9.47.